The van der Waals surface area contributed by atoms with Crippen LogP contribution in [0.15, 0.2) is 46.6 Å². The molecule has 6 nitrogen and oxygen atoms in total. The minimum Gasteiger partial charge on any atom is -0.337 e. The first-order valence-electron chi connectivity index (χ1n) is 7.19. The predicted octanol–water partition coefficient (Wildman–Crippen LogP) is 2.07. The molecule has 1 amide bonds. The lowest BCUT2D eigenvalue weighted by Crippen LogP contribution is -2.36. The van der Waals surface area contributed by atoms with Crippen LogP contribution in [0.5, 0.6) is 0 Å². The van der Waals surface area contributed by atoms with Crippen LogP contribution < -0.4 is 5.56 Å². The second kappa shape index (κ2) is 6.29. The van der Waals surface area contributed by atoms with Crippen LogP contribution in [-0.4, -0.2) is 32.8 Å². The molecule has 0 aliphatic carbocycles. The topological polar surface area (TPSA) is 68.1 Å². The fraction of sp³-hybridized carbons (Fsp3) is 0.250. The zero-order valence-corrected chi connectivity index (χ0v) is 13.7. The van der Waals surface area contributed by atoms with Gasteiger partial charge in [0.25, 0.3) is 5.56 Å². The smallest absolute Gasteiger partial charge is 0.278 e. The molecule has 1 unspecified atom stereocenters. The number of likely N-dealkylation sites (N-methyl/N-ethyl adjacent to an activating group) is 1. The minimum atomic E-state index is -0.305. The van der Waals surface area contributed by atoms with Crippen molar-refractivity contribution >= 4 is 28.1 Å². The zero-order valence-electron chi connectivity index (χ0n) is 12.8. The maximum absolute atomic E-state index is 12.4. The molecule has 0 saturated heterocycles. The van der Waals surface area contributed by atoms with Crippen molar-refractivity contribution in [1.29, 1.82) is 0 Å². The van der Waals surface area contributed by atoms with E-state index < -0.39 is 0 Å². The number of hydrogen-bond donors (Lipinski definition) is 0. The Morgan fingerprint density at radius 2 is 2.09 bits per heavy atom. The van der Waals surface area contributed by atoms with Crippen LogP contribution >= 0.6 is 11.3 Å². The Morgan fingerprint density at radius 3 is 2.83 bits per heavy atom. The largest absolute Gasteiger partial charge is 0.337 e. The predicted molar refractivity (Wildman–Crippen MR) is 89.3 cm³/mol. The maximum Gasteiger partial charge on any atom is 0.278 e. The van der Waals surface area contributed by atoms with E-state index in [0.717, 1.165) is 9.56 Å². The Morgan fingerprint density at radius 1 is 1.30 bits per heavy atom. The lowest BCUT2D eigenvalue weighted by Gasteiger charge is -2.24. The second-order valence-corrected chi connectivity index (χ2v) is 6.24. The van der Waals surface area contributed by atoms with Gasteiger partial charge in [0, 0.05) is 11.9 Å². The number of rotatable bonds is 4. The van der Waals surface area contributed by atoms with Gasteiger partial charge in [0.15, 0.2) is 0 Å². The normalized spacial score (nSPS) is 12.3. The van der Waals surface area contributed by atoms with E-state index >= 15 is 0 Å². The average Bonchev–Trinajstić information content (AvgIpc) is 3.10. The molecule has 0 radical (unpaired) electrons. The maximum atomic E-state index is 12.4. The number of carbonyl (C=O) groups excluding carboxylic acids is 1. The molecule has 3 aromatic rings. The standard InChI is InChI=1S/C16H16N4O2S/c1-11(14-8-5-9-23-14)19(2)15(21)10-20-16(22)12-6-3-4-7-13(12)17-18-20/h3-9,11H,10H2,1-2H3. The van der Waals surface area contributed by atoms with Crippen LogP contribution in [0.1, 0.15) is 17.8 Å². The molecule has 0 saturated carbocycles. The van der Waals surface area contributed by atoms with Crippen molar-refractivity contribution in [3.63, 3.8) is 0 Å². The molecule has 1 atom stereocenters. The third-order valence-electron chi connectivity index (χ3n) is 3.84. The van der Waals surface area contributed by atoms with Crippen LogP contribution in [0, 0.1) is 0 Å². The molecule has 2 heterocycles. The molecule has 2 aromatic heterocycles. The van der Waals surface area contributed by atoms with Crippen molar-refractivity contribution in [2.45, 2.75) is 19.5 Å². The van der Waals surface area contributed by atoms with E-state index in [2.05, 4.69) is 10.3 Å². The van der Waals surface area contributed by atoms with Gasteiger partial charge in [0.05, 0.1) is 11.4 Å². The number of carbonyl (C=O) groups is 1. The van der Waals surface area contributed by atoms with Crippen molar-refractivity contribution in [2.24, 2.45) is 0 Å². The molecule has 0 aliphatic heterocycles. The number of aromatic nitrogens is 3. The fourth-order valence-corrected chi connectivity index (χ4v) is 3.13. The van der Waals surface area contributed by atoms with Gasteiger partial charge >= 0.3 is 0 Å². The Labute approximate surface area is 137 Å². The molecule has 3 rings (SSSR count). The number of nitrogens with zero attached hydrogens (tertiary/aromatic N) is 4. The minimum absolute atomic E-state index is 0.0494. The van der Waals surface area contributed by atoms with E-state index in [0.29, 0.717) is 10.9 Å². The van der Waals surface area contributed by atoms with E-state index in [9.17, 15) is 9.59 Å². The van der Waals surface area contributed by atoms with E-state index in [4.69, 9.17) is 0 Å². The Bertz CT molecular complexity index is 888. The number of thiophene rings is 1. The third-order valence-corrected chi connectivity index (χ3v) is 4.89. The molecule has 0 aliphatic rings. The molecule has 7 heteroatoms. The molecule has 0 N–H and O–H groups in total. The second-order valence-electron chi connectivity index (χ2n) is 5.27. The highest BCUT2D eigenvalue weighted by atomic mass is 32.1. The summed E-state index contributed by atoms with van der Waals surface area (Å²) < 4.78 is 1.11. The molecule has 0 bridgehead atoms. The molecule has 0 fully saturated rings. The summed E-state index contributed by atoms with van der Waals surface area (Å²) in [6, 6.07) is 10.9. The molecule has 0 spiro atoms. The molecular weight excluding hydrogens is 312 g/mol. The zero-order chi connectivity index (χ0) is 16.4. The van der Waals surface area contributed by atoms with Crippen LogP contribution in [0.4, 0.5) is 0 Å². The first kappa shape index (κ1) is 15.4. The van der Waals surface area contributed by atoms with E-state index in [1.54, 1.807) is 47.5 Å². The van der Waals surface area contributed by atoms with Gasteiger partial charge in [-0.2, -0.15) is 0 Å². The van der Waals surface area contributed by atoms with Crippen molar-refractivity contribution in [3.8, 4) is 0 Å². The summed E-state index contributed by atoms with van der Waals surface area (Å²) in [5.41, 5.74) is 0.225. The fourth-order valence-electron chi connectivity index (χ4n) is 2.30. The molecule has 118 valence electrons. The van der Waals surface area contributed by atoms with Crippen LogP contribution in [-0.2, 0) is 11.3 Å². The van der Waals surface area contributed by atoms with Gasteiger partial charge in [-0.15, -0.1) is 16.4 Å². The van der Waals surface area contributed by atoms with Gasteiger partial charge in [-0.3, -0.25) is 9.59 Å². The quantitative estimate of drug-likeness (QED) is 0.735. The molecular formula is C16H16N4O2S. The van der Waals surface area contributed by atoms with Gasteiger partial charge in [-0.1, -0.05) is 23.4 Å². The molecule has 1 aromatic carbocycles. The van der Waals surface area contributed by atoms with Gasteiger partial charge in [-0.05, 0) is 30.5 Å². The van der Waals surface area contributed by atoms with Crippen LogP contribution in [0.2, 0.25) is 0 Å². The van der Waals surface area contributed by atoms with Crippen molar-refractivity contribution in [1.82, 2.24) is 19.9 Å². The lowest BCUT2D eigenvalue weighted by atomic mass is 10.2. The highest BCUT2D eigenvalue weighted by Crippen LogP contribution is 2.23. The number of hydrogen-bond acceptors (Lipinski definition) is 5. The first-order valence-corrected chi connectivity index (χ1v) is 8.07. The third kappa shape index (κ3) is 3.00. The number of fused-ring (bicyclic) bond motifs is 1. The van der Waals surface area contributed by atoms with E-state index in [-0.39, 0.29) is 24.1 Å². The highest BCUT2D eigenvalue weighted by Gasteiger charge is 2.19. The van der Waals surface area contributed by atoms with Gasteiger partial charge in [0.2, 0.25) is 5.91 Å². The van der Waals surface area contributed by atoms with E-state index in [1.807, 2.05) is 24.4 Å². The summed E-state index contributed by atoms with van der Waals surface area (Å²) in [5, 5.41) is 10.3. The summed E-state index contributed by atoms with van der Waals surface area (Å²) >= 11 is 1.60. The monoisotopic (exact) mass is 328 g/mol. The highest BCUT2D eigenvalue weighted by molar-refractivity contribution is 7.10. The van der Waals surface area contributed by atoms with E-state index in [1.165, 1.54) is 0 Å². The van der Waals surface area contributed by atoms with Gasteiger partial charge in [0.1, 0.15) is 12.1 Å². The Balaban J connectivity index is 1.83. The van der Waals surface area contributed by atoms with Crippen LogP contribution in [0.3, 0.4) is 0 Å². The summed E-state index contributed by atoms with van der Waals surface area (Å²) in [7, 11) is 1.73. The Hall–Kier alpha value is -2.54. The number of amides is 1. The van der Waals surface area contributed by atoms with Crippen molar-refractivity contribution < 1.29 is 4.79 Å². The SMILES string of the molecule is CC(c1cccs1)N(C)C(=O)Cn1nnc2ccccc2c1=O. The van der Waals surface area contributed by atoms with Gasteiger partial charge < -0.3 is 4.90 Å². The lowest BCUT2D eigenvalue weighted by molar-refractivity contribution is -0.132. The summed E-state index contributed by atoms with van der Waals surface area (Å²) in [6.45, 7) is 1.83. The van der Waals surface area contributed by atoms with Crippen molar-refractivity contribution in [2.75, 3.05) is 7.05 Å². The van der Waals surface area contributed by atoms with Crippen molar-refractivity contribution in [3.05, 3.63) is 57.0 Å². The number of benzene rings is 1. The average molecular weight is 328 g/mol. The first-order chi connectivity index (χ1) is 11.1. The Kier molecular flexibility index (Phi) is 4.20. The summed E-state index contributed by atoms with van der Waals surface area (Å²) in [4.78, 5) is 27.5. The summed E-state index contributed by atoms with van der Waals surface area (Å²) in [6.07, 6.45) is 0. The van der Waals surface area contributed by atoms with Gasteiger partial charge in [-0.25, -0.2) is 4.68 Å². The summed E-state index contributed by atoms with van der Waals surface area (Å²) in [5.74, 6) is -0.183. The molecule has 23 heavy (non-hydrogen) atoms. The van der Waals surface area contributed by atoms with Crippen LogP contribution in [0.25, 0.3) is 10.9 Å².